The zero-order valence-corrected chi connectivity index (χ0v) is 17.8. The van der Waals surface area contributed by atoms with Gasteiger partial charge in [-0.3, -0.25) is 4.90 Å². The first kappa shape index (κ1) is 21.0. The van der Waals surface area contributed by atoms with Gasteiger partial charge in [-0.1, -0.05) is 36.8 Å². The lowest BCUT2D eigenvalue weighted by molar-refractivity contribution is 0.00749. The number of piperidine rings is 2. The number of hydrogen-bond donors (Lipinski definition) is 0. The Morgan fingerprint density at radius 1 is 1.12 bits per heavy atom. The van der Waals surface area contributed by atoms with Crippen molar-refractivity contribution in [1.82, 2.24) is 19.5 Å². The lowest BCUT2D eigenvalue weighted by atomic mass is 9.84. The first-order chi connectivity index (χ1) is 15.6. The summed E-state index contributed by atoms with van der Waals surface area (Å²) in [4.78, 5) is 19.9. The predicted octanol–water partition coefficient (Wildman–Crippen LogP) is 4.76. The van der Waals surface area contributed by atoms with Crippen LogP contribution < -0.4 is 0 Å². The van der Waals surface area contributed by atoms with Gasteiger partial charge in [0.25, 0.3) is 6.43 Å². The van der Waals surface area contributed by atoms with Crippen LogP contribution in [0.1, 0.15) is 54.6 Å². The second kappa shape index (κ2) is 8.94. The Labute approximate surface area is 185 Å². The molecule has 168 valence electrons. The van der Waals surface area contributed by atoms with Gasteiger partial charge in [0.1, 0.15) is 11.3 Å². The van der Waals surface area contributed by atoms with E-state index in [1.165, 1.54) is 25.1 Å². The van der Waals surface area contributed by atoms with Crippen molar-refractivity contribution in [2.45, 2.75) is 44.6 Å². The van der Waals surface area contributed by atoms with Gasteiger partial charge in [-0.2, -0.15) is 5.10 Å². The molecule has 4 heterocycles. The molecule has 2 aliphatic rings. The van der Waals surface area contributed by atoms with Crippen LogP contribution in [-0.2, 0) is 4.74 Å². The quantitative estimate of drug-likeness (QED) is 0.536. The Hall–Kier alpha value is -2.87. The Balaban J connectivity index is 1.41. The summed E-state index contributed by atoms with van der Waals surface area (Å²) in [6.07, 6.45) is 4.24. The van der Waals surface area contributed by atoms with E-state index in [4.69, 9.17) is 4.74 Å². The summed E-state index contributed by atoms with van der Waals surface area (Å²) in [5.74, 6) is -0.259. The largest absolute Gasteiger partial charge is 0.462 e. The Morgan fingerprint density at radius 2 is 1.94 bits per heavy atom. The van der Waals surface area contributed by atoms with E-state index in [2.05, 4.69) is 15.0 Å². The van der Waals surface area contributed by atoms with E-state index in [1.807, 2.05) is 18.2 Å². The topological polar surface area (TPSA) is 59.7 Å². The van der Waals surface area contributed by atoms with E-state index in [-0.39, 0.29) is 16.9 Å². The maximum atomic E-state index is 13.7. The molecule has 8 heteroatoms. The summed E-state index contributed by atoms with van der Waals surface area (Å²) in [6, 6.07) is 10.8. The molecule has 2 aromatic heterocycles. The summed E-state index contributed by atoms with van der Waals surface area (Å²) in [7, 11) is 0. The number of hydrogen-bond acceptors (Lipinski definition) is 5. The van der Waals surface area contributed by atoms with Crippen molar-refractivity contribution < 1.29 is 18.3 Å². The van der Waals surface area contributed by atoms with Gasteiger partial charge in [-0.05, 0) is 44.8 Å². The standard InChI is InChI=1S/C24H26F2N4O2/c25-22(26)21-13-19(16-7-2-1-3-8-16)28-23-18(14-27-30(21)23)24(31)32-15-17-9-6-12-29-11-5-4-10-20(17)29/h1-3,7-8,13-14,17,20,22H,4-6,9-12,15H2/t17-,20+/m1/s1. The highest BCUT2D eigenvalue weighted by molar-refractivity contribution is 5.96. The number of carbonyl (C=O) groups is 1. The molecular formula is C24H26F2N4O2. The summed E-state index contributed by atoms with van der Waals surface area (Å²) >= 11 is 0. The molecular weight excluding hydrogens is 414 g/mol. The summed E-state index contributed by atoms with van der Waals surface area (Å²) in [6.45, 7) is 2.56. The van der Waals surface area contributed by atoms with Gasteiger partial charge < -0.3 is 4.74 Å². The van der Waals surface area contributed by atoms with Gasteiger partial charge in [-0.25, -0.2) is 23.1 Å². The molecule has 0 saturated carbocycles. The van der Waals surface area contributed by atoms with Gasteiger partial charge in [0.05, 0.1) is 18.5 Å². The highest BCUT2D eigenvalue weighted by atomic mass is 19.3. The van der Waals surface area contributed by atoms with Crippen molar-refractivity contribution in [2.24, 2.45) is 5.92 Å². The maximum Gasteiger partial charge on any atom is 0.343 e. The molecule has 0 N–H and O–H groups in total. The minimum atomic E-state index is -2.76. The third-order valence-corrected chi connectivity index (χ3v) is 6.67. The molecule has 2 aliphatic heterocycles. The smallest absolute Gasteiger partial charge is 0.343 e. The van der Waals surface area contributed by atoms with E-state index in [0.29, 0.717) is 29.8 Å². The average Bonchev–Trinajstić information content (AvgIpc) is 3.26. The van der Waals surface area contributed by atoms with Crippen LogP contribution in [-0.4, -0.2) is 51.2 Å². The van der Waals surface area contributed by atoms with Crippen molar-refractivity contribution >= 4 is 11.6 Å². The Bertz CT molecular complexity index is 1100. The van der Waals surface area contributed by atoms with Gasteiger partial charge >= 0.3 is 5.97 Å². The molecule has 0 bridgehead atoms. The molecule has 0 amide bonds. The van der Waals surface area contributed by atoms with Gasteiger partial charge in [0.2, 0.25) is 0 Å². The average molecular weight is 440 g/mol. The lowest BCUT2D eigenvalue weighted by Crippen LogP contribution is -2.49. The second-order valence-electron chi connectivity index (χ2n) is 8.63. The maximum absolute atomic E-state index is 13.7. The van der Waals surface area contributed by atoms with Crippen LogP contribution in [0, 0.1) is 5.92 Å². The van der Waals surface area contributed by atoms with Crippen LogP contribution in [0.15, 0.2) is 42.6 Å². The van der Waals surface area contributed by atoms with Gasteiger partial charge in [-0.15, -0.1) is 0 Å². The van der Waals surface area contributed by atoms with E-state index < -0.39 is 12.4 Å². The monoisotopic (exact) mass is 440 g/mol. The number of rotatable bonds is 5. The van der Waals surface area contributed by atoms with E-state index >= 15 is 0 Å². The van der Waals surface area contributed by atoms with Crippen molar-refractivity contribution in [3.05, 3.63) is 53.9 Å². The Morgan fingerprint density at radius 3 is 2.75 bits per heavy atom. The van der Waals surface area contributed by atoms with Crippen LogP contribution in [0.25, 0.3) is 16.9 Å². The van der Waals surface area contributed by atoms with Gasteiger partial charge in [0.15, 0.2) is 5.65 Å². The molecule has 0 radical (unpaired) electrons. The van der Waals surface area contributed by atoms with Crippen LogP contribution in [0.5, 0.6) is 0 Å². The van der Waals surface area contributed by atoms with E-state index in [1.54, 1.807) is 12.1 Å². The molecule has 6 nitrogen and oxygen atoms in total. The Kier molecular flexibility index (Phi) is 5.87. The SMILES string of the molecule is O=C(OC[C@H]1CCCN2CCCC[C@@H]12)c1cnn2c(C(F)F)cc(-c3ccccc3)nc12. The third kappa shape index (κ3) is 3.99. The molecule has 1 aromatic carbocycles. The third-order valence-electron chi connectivity index (χ3n) is 6.67. The number of nitrogens with zero attached hydrogens (tertiary/aromatic N) is 4. The molecule has 32 heavy (non-hydrogen) atoms. The van der Waals surface area contributed by atoms with E-state index in [9.17, 15) is 13.6 Å². The predicted molar refractivity (Wildman–Crippen MR) is 116 cm³/mol. The zero-order valence-electron chi connectivity index (χ0n) is 17.8. The number of halogens is 2. The molecule has 3 aromatic rings. The zero-order chi connectivity index (χ0) is 22.1. The molecule has 0 spiro atoms. The first-order valence-corrected chi connectivity index (χ1v) is 11.3. The molecule has 0 aliphatic carbocycles. The van der Waals surface area contributed by atoms with Crippen molar-refractivity contribution in [3.8, 4) is 11.3 Å². The minimum Gasteiger partial charge on any atom is -0.462 e. The number of benzene rings is 1. The van der Waals surface area contributed by atoms with Crippen LogP contribution in [0.4, 0.5) is 8.78 Å². The van der Waals surface area contributed by atoms with Crippen molar-refractivity contribution in [2.75, 3.05) is 19.7 Å². The van der Waals surface area contributed by atoms with E-state index in [0.717, 1.165) is 36.9 Å². The summed E-state index contributed by atoms with van der Waals surface area (Å²) < 4.78 is 34.2. The highest BCUT2D eigenvalue weighted by Gasteiger charge is 2.34. The molecule has 2 saturated heterocycles. The normalized spacial score (nSPS) is 21.6. The number of carbonyl (C=O) groups excluding carboxylic acids is 1. The second-order valence-corrected chi connectivity index (χ2v) is 8.63. The van der Waals surface area contributed by atoms with Crippen LogP contribution >= 0.6 is 0 Å². The number of esters is 1. The fraction of sp³-hybridized carbons (Fsp3) is 0.458. The molecule has 5 rings (SSSR count). The number of alkyl halides is 2. The molecule has 0 unspecified atom stereocenters. The summed E-state index contributed by atoms with van der Waals surface area (Å²) in [5.41, 5.74) is 0.957. The highest BCUT2D eigenvalue weighted by Crippen LogP contribution is 2.31. The van der Waals surface area contributed by atoms with Crippen LogP contribution in [0.3, 0.4) is 0 Å². The lowest BCUT2D eigenvalue weighted by Gasteiger charge is -2.44. The number of ether oxygens (including phenoxy) is 1. The minimum absolute atomic E-state index is 0.0922. The van der Waals surface area contributed by atoms with Crippen molar-refractivity contribution in [1.29, 1.82) is 0 Å². The number of fused-ring (bicyclic) bond motifs is 2. The van der Waals surface area contributed by atoms with Gasteiger partial charge in [0, 0.05) is 17.5 Å². The fourth-order valence-electron chi connectivity index (χ4n) is 5.07. The fourth-order valence-corrected chi connectivity index (χ4v) is 5.07. The molecule has 2 fully saturated rings. The summed E-state index contributed by atoms with van der Waals surface area (Å²) in [5, 5.41) is 4.02. The van der Waals surface area contributed by atoms with Crippen LogP contribution in [0.2, 0.25) is 0 Å². The molecule has 2 atom stereocenters. The first-order valence-electron chi connectivity index (χ1n) is 11.3. The number of aromatic nitrogens is 3. The van der Waals surface area contributed by atoms with Crippen molar-refractivity contribution in [3.63, 3.8) is 0 Å².